The zero-order valence-electron chi connectivity index (χ0n) is 10.4. The summed E-state index contributed by atoms with van der Waals surface area (Å²) in [4.78, 5) is 0. The van der Waals surface area contributed by atoms with E-state index < -0.39 is 6.10 Å². The van der Waals surface area contributed by atoms with Gasteiger partial charge in [0.25, 0.3) is 0 Å². The first-order chi connectivity index (χ1) is 9.24. The van der Waals surface area contributed by atoms with E-state index in [-0.39, 0.29) is 5.92 Å². The van der Waals surface area contributed by atoms with Crippen LogP contribution in [-0.4, -0.2) is 11.7 Å². The molecule has 0 aliphatic carbocycles. The molecule has 0 spiro atoms. The quantitative estimate of drug-likeness (QED) is 0.906. The Kier molecular flexibility index (Phi) is 3.45. The molecule has 3 heteroatoms. The first-order valence-corrected chi connectivity index (χ1v) is 6.76. The first-order valence-electron chi connectivity index (χ1n) is 6.38. The number of aliphatic hydroxyl groups excluding tert-OH is 1. The molecule has 2 aromatic rings. The molecule has 2 aromatic carbocycles. The third-order valence-corrected chi connectivity index (χ3v) is 3.82. The maximum Gasteiger partial charge on any atom is 0.122 e. The number of hydrogen-bond donors (Lipinski definition) is 1. The van der Waals surface area contributed by atoms with Crippen LogP contribution >= 0.6 is 11.6 Å². The summed E-state index contributed by atoms with van der Waals surface area (Å²) in [5, 5.41) is 11.1. The molecular weight excluding hydrogens is 260 g/mol. The Bertz CT molecular complexity index is 565. The van der Waals surface area contributed by atoms with E-state index in [1.54, 1.807) is 12.1 Å². The van der Waals surface area contributed by atoms with Crippen LogP contribution in [0.2, 0.25) is 5.02 Å². The van der Waals surface area contributed by atoms with Gasteiger partial charge in [-0.2, -0.15) is 0 Å². The molecule has 98 valence electrons. The van der Waals surface area contributed by atoms with Crippen molar-refractivity contribution >= 4 is 11.6 Å². The van der Waals surface area contributed by atoms with Crippen LogP contribution in [0, 0.1) is 5.92 Å². The normalized spacial score (nSPS) is 19.4. The van der Waals surface area contributed by atoms with Crippen LogP contribution in [0.15, 0.2) is 48.5 Å². The number of hydrogen-bond acceptors (Lipinski definition) is 2. The second-order valence-corrected chi connectivity index (χ2v) is 5.32. The van der Waals surface area contributed by atoms with Gasteiger partial charge in [0.05, 0.1) is 12.7 Å². The number of aliphatic hydroxyl groups is 1. The topological polar surface area (TPSA) is 29.5 Å². The molecule has 2 atom stereocenters. The van der Waals surface area contributed by atoms with Crippen molar-refractivity contribution in [2.75, 3.05) is 6.61 Å². The van der Waals surface area contributed by atoms with E-state index in [9.17, 15) is 5.11 Å². The lowest BCUT2D eigenvalue weighted by molar-refractivity contribution is 0.0645. The molecule has 1 aliphatic rings. The predicted molar refractivity (Wildman–Crippen MR) is 75.5 cm³/mol. The summed E-state index contributed by atoms with van der Waals surface area (Å²) in [7, 11) is 0. The highest BCUT2D eigenvalue weighted by Gasteiger charge is 2.26. The average Bonchev–Trinajstić information content (AvgIpc) is 2.47. The highest BCUT2D eigenvalue weighted by Crippen LogP contribution is 2.33. The zero-order valence-corrected chi connectivity index (χ0v) is 11.2. The van der Waals surface area contributed by atoms with E-state index in [2.05, 4.69) is 6.07 Å². The summed E-state index contributed by atoms with van der Waals surface area (Å²) >= 11 is 5.86. The van der Waals surface area contributed by atoms with Crippen molar-refractivity contribution in [1.82, 2.24) is 0 Å². The maximum absolute atomic E-state index is 10.4. The third kappa shape index (κ3) is 2.60. The first kappa shape index (κ1) is 12.5. The highest BCUT2D eigenvalue weighted by atomic mass is 35.5. The summed E-state index contributed by atoms with van der Waals surface area (Å²) in [5.41, 5.74) is 2.05. The molecule has 1 N–H and O–H groups in total. The van der Waals surface area contributed by atoms with Crippen LogP contribution in [0.4, 0.5) is 0 Å². The minimum absolute atomic E-state index is 0.0797. The van der Waals surface area contributed by atoms with Crippen molar-refractivity contribution in [1.29, 1.82) is 0 Å². The Balaban J connectivity index is 1.79. The lowest BCUT2D eigenvalue weighted by Crippen LogP contribution is -2.26. The van der Waals surface area contributed by atoms with Crippen LogP contribution < -0.4 is 4.74 Å². The maximum atomic E-state index is 10.4. The van der Waals surface area contributed by atoms with E-state index in [1.165, 1.54) is 0 Å². The van der Waals surface area contributed by atoms with Crippen LogP contribution in [-0.2, 0) is 6.42 Å². The molecule has 1 aliphatic heterocycles. The molecule has 0 aromatic heterocycles. The predicted octanol–water partition coefficient (Wildman–Crippen LogP) is 3.62. The Morgan fingerprint density at radius 2 is 1.84 bits per heavy atom. The second kappa shape index (κ2) is 5.24. The molecule has 1 heterocycles. The number of fused-ring (bicyclic) bond motifs is 1. The van der Waals surface area contributed by atoms with Gasteiger partial charge >= 0.3 is 0 Å². The summed E-state index contributed by atoms with van der Waals surface area (Å²) in [5.74, 6) is 1.01. The van der Waals surface area contributed by atoms with Crippen molar-refractivity contribution in [3.8, 4) is 5.75 Å². The fraction of sp³-hybridized carbons (Fsp3) is 0.250. The lowest BCUT2D eigenvalue weighted by Gasteiger charge is -2.29. The van der Waals surface area contributed by atoms with Gasteiger partial charge in [-0.3, -0.25) is 0 Å². The molecule has 3 rings (SSSR count). The average molecular weight is 275 g/mol. The zero-order chi connectivity index (χ0) is 13.2. The highest BCUT2D eigenvalue weighted by molar-refractivity contribution is 6.30. The smallest absolute Gasteiger partial charge is 0.122 e. The molecule has 0 saturated carbocycles. The number of ether oxygens (including phenoxy) is 1. The van der Waals surface area contributed by atoms with Gasteiger partial charge in [-0.05, 0) is 35.7 Å². The van der Waals surface area contributed by atoms with Crippen molar-refractivity contribution in [2.45, 2.75) is 12.5 Å². The lowest BCUT2D eigenvalue weighted by atomic mass is 9.88. The van der Waals surface area contributed by atoms with Gasteiger partial charge in [-0.15, -0.1) is 0 Å². The Labute approximate surface area is 117 Å². The Morgan fingerprint density at radius 3 is 2.63 bits per heavy atom. The molecule has 0 fully saturated rings. The molecule has 0 bridgehead atoms. The van der Waals surface area contributed by atoms with Crippen molar-refractivity contribution in [3.05, 3.63) is 64.7 Å². The molecule has 2 nitrogen and oxygen atoms in total. The van der Waals surface area contributed by atoms with Gasteiger partial charge < -0.3 is 9.84 Å². The van der Waals surface area contributed by atoms with Crippen molar-refractivity contribution in [3.63, 3.8) is 0 Å². The van der Waals surface area contributed by atoms with Crippen LogP contribution in [0.5, 0.6) is 5.75 Å². The number of benzene rings is 2. The number of para-hydroxylation sites is 1. The molecule has 19 heavy (non-hydrogen) atoms. The van der Waals surface area contributed by atoms with E-state index >= 15 is 0 Å². The number of rotatable bonds is 2. The van der Waals surface area contributed by atoms with Crippen molar-refractivity contribution in [2.24, 2.45) is 5.92 Å². The third-order valence-electron chi connectivity index (χ3n) is 3.57. The SMILES string of the molecule is OC(c1ccc(Cl)cc1)C1COc2ccccc2C1. The van der Waals surface area contributed by atoms with Crippen molar-refractivity contribution < 1.29 is 9.84 Å². The summed E-state index contributed by atoms with van der Waals surface area (Å²) in [6.07, 6.45) is 0.311. The monoisotopic (exact) mass is 274 g/mol. The van der Waals surface area contributed by atoms with E-state index in [0.29, 0.717) is 11.6 Å². The molecule has 0 radical (unpaired) electrons. The largest absolute Gasteiger partial charge is 0.493 e. The second-order valence-electron chi connectivity index (χ2n) is 4.88. The fourth-order valence-corrected chi connectivity index (χ4v) is 2.61. The minimum atomic E-state index is -0.523. The van der Waals surface area contributed by atoms with Crippen LogP contribution in [0.3, 0.4) is 0 Å². The Morgan fingerprint density at radius 1 is 1.11 bits per heavy atom. The van der Waals surface area contributed by atoms with Crippen LogP contribution in [0.1, 0.15) is 17.2 Å². The number of halogens is 1. The fourth-order valence-electron chi connectivity index (χ4n) is 2.49. The molecule has 0 amide bonds. The minimum Gasteiger partial charge on any atom is -0.493 e. The standard InChI is InChI=1S/C16H15ClO2/c17-14-7-5-11(6-8-14)16(18)13-9-12-3-1-2-4-15(12)19-10-13/h1-8,13,16,18H,9-10H2. The molecule has 0 saturated heterocycles. The van der Waals surface area contributed by atoms with Gasteiger partial charge in [0.15, 0.2) is 0 Å². The van der Waals surface area contributed by atoms with Gasteiger partial charge in [-0.25, -0.2) is 0 Å². The van der Waals surface area contributed by atoms with E-state index in [0.717, 1.165) is 23.3 Å². The van der Waals surface area contributed by atoms with E-state index in [1.807, 2.05) is 30.3 Å². The molecular formula is C16H15ClO2. The molecule has 2 unspecified atom stereocenters. The summed E-state index contributed by atoms with van der Waals surface area (Å²) in [6.45, 7) is 0.542. The van der Waals surface area contributed by atoms with Gasteiger partial charge in [-0.1, -0.05) is 41.9 Å². The van der Waals surface area contributed by atoms with Crippen LogP contribution in [0.25, 0.3) is 0 Å². The van der Waals surface area contributed by atoms with Gasteiger partial charge in [0, 0.05) is 10.9 Å². The summed E-state index contributed by atoms with van der Waals surface area (Å²) in [6, 6.07) is 15.3. The van der Waals surface area contributed by atoms with E-state index in [4.69, 9.17) is 16.3 Å². The van der Waals surface area contributed by atoms with Gasteiger partial charge in [0.1, 0.15) is 5.75 Å². The van der Waals surface area contributed by atoms with Gasteiger partial charge in [0.2, 0.25) is 0 Å². The summed E-state index contributed by atoms with van der Waals surface area (Å²) < 4.78 is 5.72. The Hall–Kier alpha value is -1.51.